The molecule has 4 aromatic heterocycles. The van der Waals surface area contributed by atoms with Crippen molar-refractivity contribution in [3.05, 3.63) is 96.4 Å². The molecule has 0 spiro atoms. The molecular formula is C24H20N8O. The summed E-state index contributed by atoms with van der Waals surface area (Å²) in [7, 11) is 1.94. The normalized spacial score (nSPS) is 10.8. The number of rotatable bonds is 6. The van der Waals surface area contributed by atoms with Gasteiger partial charge in [0.25, 0.3) is 5.91 Å². The molecule has 0 aliphatic rings. The number of pyridine rings is 2. The van der Waals surface area contributed by atoms with Crippen LogP contribution in [-0.4, -0.2) is 42.7 Å². The van der Waals surface area contributed by atoms with E-state index in [2.05, 4.69) is 25.5 Å². The maximum absolute atomic E-state index is 12.7. The van der Waals surface area contributed by atoms with Gasteiger partial charge in [-0.1, -0.05) is 18.2 Å². The highest BCUT2D eigenvalue weighted by Gasteiger charge is 2.15. The van der Waals surface area contributed by atoms with Crippen LogP contribution in [0, 0.1) is 0 Å². The Balaban J connectivity index is 1.42. The number of nitrogens with one attached hydrogen (secondary N) is 1. The number of carbonyl (C=O) groups excluding carboxylic acids is 1. The first kappa shape index (κ1) is 20.3. The lowest BCUT2D eigenvalue weighted by Gasteiger charge is -2.18. The molecule has 1 N–H and O–H groups in total. The molecule has 0 atom stereocenters. The van der Waals surface area contributed by atoms with Gasteiger partial charge in [0.1, 0.15) is 5.69 Å². The third kappa shape index (κ3) is 4.24. The van der Waals surface area contributed by atoms with Gasteiger partial charge in [-0.2, -0.15) is 4.52 Å². The van der Waals surface area contributed by atoms with Crippen LogP contribution in [0.4, 0.5) is 11.5 Å². The van der Waals surface area contributed by atoms with Gasteiger partial charge in [0.05, 0.1) is 0 Å². The second-order valence-electron chi connectivity index (χ2n) is 7.35. The van der Waals surface area contributed by atoms with Gasteiger partial charge in [0.15, 0.2) is 11.5 Å². The lowest BCUT2D eigenvalue weighted by atomic mass is 10.2. The molecule has 0 aliphatic heterocycles. The number of anilines is 2. The van der Waals surface area contributed by atoms with Gasteiger partial charge >= 0.3 is 0 Å². The van der Waals surface area contributed by atoms with Crippen LogP contribution in [0.2, 0.25) is 0 Å². The van der Waals surface area contributed by atoms with Crippen molar-refractivity contribution in [2.24, 2.45) is 0 Å². The van der Waals surface area contributed by atoms with E-state index in [1.807, 2.05) is 66.5 Å². The zero-order chi connectivity index (χ0) is 22.6. The van der Waals surface area contributed by atoms with Gasteiger partial charge < -0.3 is 10.2 Å². The van der Waals surface area contributed by atoms with E-state index in [9.17, 15) is 4.79 Å². The Morgan fingerprint density at radius 3 is 2.61 bits per heavy atom. The van der Waals surface area contributed by atoms with E-state index >= 15 is 0 Å². The second-order valence-corrected chi connectivity index (χ2v) is 7.35. The Morgan fingerprint density at radius 1 is 0.970 bits per heavy atom. The number of amides is 1. The van der Waals surface area contributed by atoms with Crippen molar-refractivity contribution in [1.29, 1.82) is 0 Å². The molecule has 5 rings (SSSR count). The van der Waals surface area contributed by atoms with Crippen LogP contribution in [0.15, 0.2) is 85.3 Å². The van der Waals surface area contributed by atoms with Crippen LogP contribution in [0.25, 0.3) is 17.2 Å². The summed E-state index contributed by atoms with van der Waals surface area (Å²) >= 11 is 0. The van der Waals surface area contributed by atoms with E-state index in [-0.39, 0.29) is 5.91 Å². The lowest BCUT2D eigenvalue weighted by molar-refractivity contribution is 0.0951. The zero-order valence-corrected chi connectivity index (χ0v) is 17.8. The van der Waals surface area contributed by atoms with Gasteiger partial charge in [-0.05, 0) is 54.1 Å². The zero-order valence-electron chi connectivity index (χ0n) is 17.8. The standard InChI is InChI=1S/C24H20N8O/c1-31(19-5-3-2-4-6-19)22-8-7-21-28-29-23(32(21)30-22)20-15-18(11-14-26-20)24(33)27-16-17-9-12-25-13-10-17/h2-15H,16H2,1H3,(H,27,33). The first-order chi connectivity index (χ1) is 16.2. The van der Waals surface area contributed by atoms with Gasteiger partial charge in [-0.3, -0.25) is 14.8 Å². The molecule has 162 valence electrons. The van der Waals surface area contributed by atoms with Crippen LogP contribution < -0.4 is 10.2 Å². The largest absolute Gasteiger partial charge is 0.348 e. The Labute approximate surface area is 189 Å². The molecule has 0 saturated carbocycles. The number of hydrogen-bond donors (Lipinski definition) is 1. The highest BCUT2D eigenvalue weighted by molar-refractivity contribution is 5.94. The quantitative estimate of drug-likeness (QED) is 0.436. The van der Waals surface area contributed by atoms with Gasteiger partial charge in [0, 0.05) is 43.4 Å². The summed E-state index contributed by atoms with van der Waals surface area (Å²) in [6, 6.07) is 20.7. The third-order valence-electron chi connectivity index (χ3n) is 5.19. The molecular weight excluding hydrogens is 416 g/mol. The Hall–Kier alpha value is -4.66. The maximum Gasteiger partial charge on any atom is 0.251 e. The Kier molecular flexibility index (Phi) is 5.42. The summed E-state index contributed by atoms with van der Waals surface area (Å²) in [6.45, 7) is 0.406. The number of fused-ring (bicyclic) bond motifs is 1. The van der Waals surface area contributed by atoms with Crippen LogP contribution in [0.5, 0.6) is 0 Å². The topological polar surface area (TPSA) is 101 Å². The summed E-state index contributed by atoms with van der Waals surface area (Å²) in [5, 5.41) is 16.1. The number of aromatic nitrogens is 6. The summed E-state index contributed by atoms with van der Waals surface area (Å²) in [5.74, 6) is 0.972. The molecule has 0 unspecified atom stereocenters. The summed E-state index contributed by atoms with van der Waals surface area (Å²) in [4.78, 5) is 23.0. The van der Waals surface area contributed by atoms with E-state index in [1.54, 1.807) is 35.2 Å². The van der Waals surface area contributed by atoms with Crippen molar-refractivity contribution < 1.29 is 4.79 Å². The predicted molar refractivity (Wildman–Crippen MR) is 124 cm³/mol. The average molecular weight is 436 g/mol. The first-order valence-corrected chi connectivity index (χ1v) is 10.3. The predicted octanol–water partition coefficient (Wildman–Crippen LogP) is 3.28. The van der Waals surface area contributed by atoms with E-state index in [1.165, 1.54) is 0 Å². The van der Waals surface area contributed by atoms with Crippen LogP contribution >= 0.6 is 0 Å². The van der Waals surface area contributed by atoms with Gasteiger partial charge in [-0.25, -0.2) is 0 Å². The molecule has 9 nitrogen and oxygen atoms in total. The van der Waals surface area contributed by atoms with Crippen molar-refractivity contribution >= 4 is 23.1 Å². The highest BCUT2D eigenvalue weighted by atomic mass is 16.1. The van der Waals surface area contributed by atoms with Crippen molar-refractivity contribution in [3.63, 3.8) is 0 Å². The minimum atomic E-state index is -0.207. The summed E-state index contributed by atoms with van der Waals surface area (Å²) < 4.78 is 1.63. The molecule has 0 saturated heterocycles. The second kappa shape index (κ2) is 8.83. The SMILES string of the molecule is CN(c1ccccc1)c1ccc2nnc(-c3cc(C(=O)NCc4ccncc4)ccn3)n2n1. The molecule has 0 fully saturated rings. The van der Waals surface area contributed by atoms with Crippen LogP contribution in [-0.2, 0) is 6.54 Å². The number of benzene rings is 1. The van der Waals surface area contributed by atoms with Crippen molar-refractivity contribution in [1.82, 2.24) is 35.1 Å². The fraction of sp³-hybridized carbons (Fsp3) is 0.0833. The van der Waals surface area contributed by atoms with E-state index in [0.717, 1.165) is 17.1 Å². The molecule has 1 aromatic carbocycles. The van der Waals surface area contributed by atoms with E-state index in [0.29, 0.717) is 29.3 Å². The molecule has 1 amide bonds. The fourth-order valence-electron chi connectivity index (χ4n) is 3.38. The molecule has 0 radical (unpaired) electrons. The summed E-state index contributed by atoms with van der Waals surface area (Å²) in [6.07, 6.45) is 4.97. The monoisotopic (exact) mass is 436 g/mol. The van der Waals surface area contributed by atoms with Crippen molar-refractivity contribution in [3.8, 4) is 11.5 Å². The smallest absolute Gasteiger partial charge is 0.251 e. The number of nitrogens with zero attached hydrogens (tertiary/aromatic N) is 7. The molecule has 0 bridgehead atoms. The molecule has 5 aromatic rings. The van der Waals surface area contributed by atoms with Crippen molar-refractivity contribution in [2.75, 3.05) is 11.9 Å². The molecule has 9 heteroatoms. The third-order valence-corrected chi connectivity index (χ3v) is 5.19. The fourth-order valence-corrected chi connectivity index (χ4v) is 3.38. The van der Waals surface area contributed by atoms with Crippen molar-refractivity contribution in [2.45, 2.75) is 6.54 Å². The van der Waals surface area contributed by atoms with Crippen LogP contribution in [0.3, 0.4) is 0 Å². The molecule has 33 heavy (non-hydrogen) atoms. The van der Waals surface area contributed by atoms with Gasteiger partial charge in [-0.15, -0.1) is 15.3 Å². The highest BCUT2D eigenvalue weighted by Crippen LogP contribution is 2.23. The maximum atomic E-state index is 12.7. The summed E-state index contributed by atoms with van der Waals surface area (Å²) in [5.41, 5.74) is 3.54. The molecule has 4 heterocycles. The minimum absolute atomic E-state index is 0.207. The number of para-hydroxylation sites is 1. The van der Waals surface area contributed by atoms with E-state index < -0.39 is 0 Å². The average Bonchev–Trinajstić information content (AvgIpc) is 3.31. The Morgan fingerprint density at radius 2 is 1.79 bits per heavy atom. The minimum Gasteiger partial charge on any atom is -0.348 e. The lowest BCUT2D eigenvalue weighted by Crippen LogP contribution is -2.22. The first-order valence-electron chi connectivity index (χ1n) is 10.3. The van der Waals surface area contributed by atoms with Gasteiger partial charge in [0.2, 0.25) is 5.82 Å². The number of hydrogen-bond acceptors (Lipinski definition) is 7. The Bertz CT molecular complexity index is 1400. The van der Waals surface area contributed by atoms with E-state index in [4.69, 9.17) is 5.10 Å². The molecule has 0 aliphatic carbocycles. The van der Waals surface area contributed by atoms with Crippen LogP contribution in [0.1, 0.15) is 15.9 Å². The number of carbonyl (C=O) groups is 1.